The largest absolute Gasteiger partial charge is 0.690 e. The summed E-state index contributed by atoms with van der Waals surface area (Å²) in [5.41, 5.74) is -0.693. The van der Waals surface area contributed by atoms with Crippen LogP contribution in [0.15, 0.2) is 0 Å². The number of hydrogen-bond acceptors (Lipinski definition) is 3. The van der Waals surface area contributed by atoms with Gasteiger partial charge in [-0.2, -0.15) is 0 Å². The molecule has 0 aromatic carbocycles. The topological polar surface area (TPSA) is 80.6 Å². The zero-order valence-electron chi connectivity index (χ0n) is 15.3. The van der Waals surface area contributed by atoms with Gasteiger partial charge in [0.1, 0.15) is 6.04 Å². The van der Waals surface area contributed by atoms with E-state index in [9.17, 15) is 14.4 Å². The molecule has 3 atom stereocenters. The molecule has 0 aromatic rings. The predicted octanol–water partition coefficient (Wildman–Crippen LogP) is 1.33. The van der Waals surface area contributed by atoms with E-state index in [2.05, 4.69) is 10.5 Å². The molecule has 2 fully saturated rings. The summed E-state index contributed by atoms with van der Waals surface area (Å²) in [5.74, 6) is -0.272. The Morgan fingerprint density at radius 2 is 1.83 bits per heavy atom. The van der Waals surface area contributed by atoms with Crippen molar-refractivity contribution in [1.29, 1.82) is 0 Å². The monoisotopic (exact) mass is 409 g/mol. The second-order valence-corrected chi connectivity index (χ2v) is 6.30. The van der Waals surface area contributed by atoms with Gasteiger partial charge in [-0.05, 0) is 32.1 Å². The second kappa shape index (κ2) is 10.0. The molecule has 8 heteroatoms. The van der Waals surface area contributed by atoms with Crippen molar-refractivity contribution in [2.45, 2.75) is 71.5 Å². The molecule has 24 heavy (non-hydrogen) atoms. The van der Waals surface area contributed by atoms with Gasteiger partial charge in [0.2, 0.25) is 11.8 Å². The van der Waals surface area contributed by atoms with Gasteiger partial charge >= 0.3 is 0 Å². The van der Waals surface area contributed by atoms with Crippen LogP contribution < -0.4 is 5.32 Å². The maximum Gasteiger partial charge on any atom is 0.243 e. The zero-order valence-corrected chi connectivity index (χ0v) is 18.2. The van der Waals surface area contributed by atoms with Gasteiger partial charge in [0.25, 0.3) is 0 Å². The third kappa shape index (κ3) is 5.37. The van der Waals surface area contributed by atoms with Crippen molar-refractivity contribution in [3.63, 3.8) is 0 Å². The number of ketones is 1. The summed E-state index contributed by atoms with van der Waals surface area (Å²) in [4.78, 5) is 37.8. The molecule has 3 radical (unpaired) electrons. The summed E-state index contributed by atoms with van der Waals surface area (Å²) in [7, 11) is 5.18. The molecular formula is C16H27BN3O3Y-. The molecule has 2 amide bonds. The average Bonchev–Trinajstić information content (AvgIpc) is 3.22. The van der Waals surface area contributed by atoms with Crippen LogP contribution in [0.4, 0.5) is 0 Å². The van der Waals surface area contributed by atoms with Crippen molar-refractivity contribution in [2.75, 3.05) is 6.54 Å². The van der Waals surface area contributed by atoms with Crippen LogP contribution in [0.3, 0.4) is 0 Å². The Labute approximate surface area is 171 Å². The summed E-state index contributed by atoms with van der Waals surface area (Å²) in [6.07, 6.45) is 1.96. The number of nitrogens with one attached hydrogen (secondary N) is 1. The van der Waals surface area contributed by atoms with E-state index in [1.54, 1.807) is 6.92 Å². The summed E-state index contributed by atoms with van der Waals surface area (Å²) in [6.45, 7) is 9.61. The van der Waals surface area contributed by atoms with Crippen molar-refractivity contribution in [3.05, 3.63) is 5.23 Å². The van der Waals surface area contributed by atoms with E-state index in [0.717, 1.165) is 0 Å². The Hall–Kier alpha value is -0.261. The zero-order chi connectivity index (χ0) is 17.8. The van der Waals surface area contributed by atoms with Gasteiger partial charge in [0.15, 0.2) is 5.78 Å². The number of carbonyl (C=O) groups is 3. The van der Waals surface area contributed by atoms with Crippen LogP contribution in [0.25, 0.3) is 5.23 Å². The van der Waals surface area contributed by atoms with Crippen LogP contribution in [-0.4, -0.2) is 54.6 Å². The van der Waals surface area contributed by atoms with E-state index >= 15 is 0 Å². The Morgan fingerprint density at radius 3 is 2.25 bits per heavy atom. The van der Waals surface area contributed by atoms with Crippen LogP contribution in [0.5, 0.6) is 0 Å². The quantitative estimate of drug-likeness (QED) is 0.696. The molecule has 2 rings (SSSR count). The predicted molar refractivity (Wildman–Crippen MR) is 90.0 cm³/mol. The number of Topliss-reactive ketones (excluding diaryl/α,β-unsaturated/α-hetero) is 1. The molecule has 1 aliphatic carbocycles. The molecule has 0 aromatic heterocycles. The molecular weight excluding hydrogens is 382 g/mol. The van der Waals surface area contributed by atoms with Crippen LogP contribution in [-0.2, 0) is 47.1 Å². The van der Waals surface area contributed by atoms with Gasteiger partial charge in [-0.15, -0.1) is 7.98 Å². The Morgan fingerprint density at radius 1 is 1.29 bits per heavy atom. The first-order valence-electron chi connectivity index (χ1n) is 8.34. The van der Waals surface area contributed by atoms with E-state index in [-0.39, 0.29) is 56.2 Å². The van der Waals surface area contributed by atoms with Crippen LogP contribution >= 0.6 is 0 Å². The first kappa shape index (κ1) is 23.7. The molecule has 0 spiro atoms. The maximum atomic E-state index is 12.5. The van der Waals surface area contributed by atoms with E-state index in [4.69, 9.17) is 7.98 Å². The van der Waals surface area contributed by atoms with E-state index in [0.29, 0.717) is 25.8 Å². The SMILES string of the molecule is CC.[B][N-][C@@H](C)C(=O)N1C[C@H](C)C[C@H]1C(=O)NC1(C(C)=O)CC1.[Y]. The number of nitrogens with zero attached hydrogens (tertiary/aromatic N) is 2. The van der Waals surface area contributed by atoms with Gasteiger partial charge in [0.05, 0.1) is 5.54 Å². The number of rotatable bonds is 5. The molecule has 1 aliphatic heterocycles. The summed E-state index contributed by atoms with van der Waals surface area (Å²) < 4.78 is 0. The van der Waals surface area contributed by atoms with Crippen molar-refractivity contribution in [3.8, 4) is 0 Å². The smallest absolute Gasteiger partial charge is 0.243 e. The molecule has 2 aliphatic rings. The Balaban J connectivity index is 0.00000170. The number of carbonyl (C=O) groups excluding carboxylic acids is 3. The third-order valence-electron chi connectivity index (χ3n) is 4.46. The van der Waals surface area contributed by atoms with Crippen LogP contribution in [0, 0.1) is 5.92 Å². The van der Waals surface area contributed by atoms with E-state index < -0.39 is 17.6 Å². The Bertz CT molecular complexity index is 471. The average molecular weight is 409 g/mol. The van der Waals surface area contributed by atoms with Gasteiger partial charge in [-0.3, -0.25) is 14.4 Å². The molecule has 6 nitrogen and oxygen atoms in total. The number of hydrogen-bond donors (Lipinski definition) is 1. The van der Waals surface area contributed by atoms with Gasteiger partial charge < -0.3 is 15.4 Å². The molecule has 0 unspecified atom stereocenters. The van der Waals surface area contributed by atoms with Crippen molar-refractivity contribution in [1.82, 2.24) is 10.2 Å². The second-order valence-electron chi connectivity index (χ2n) is 6.30. The fraction of sp³-hybridized carbons (Fsp3) is 0.812. The van der Waals surface area contributed by atoms with Crippen molar-refractivity contribution < 1.29 is 47.1 Å². The summed E-state index contributed by atoms with van der Waals surface area (Å²) >= 11 is 0. The molecule has 1 heterocycles. The molecule has 1 N–H and O–H groups in total. The fourth-order valence-corrected chi connectivity index (χ4v) is 2.85. The van der Waals surface area contributed by atoms with Crippen molar-refractivity contribution >= 4 is 25.6 Å². The van der Waals surface area contributed by atoms with Crippen molar-refractivity contribution in [2.24, 2.45) is 5.92 Å². The maximum absolute atomic E-state index is 12.5. The standard InChI is InChI=1S/C14H21BN3O3.C2H6.Y/c1-8-6-11(18(7-8)13(21)9(2)17-15)12(20)16-14(4-5-14)10(3)19;1-2;/h8-9,11H,4-7H2,1-3H3,(H,16,20);1-2H3;/q-1;;/t8-,9+,11+;;/m1../s1. The molecule has 1 saturated heterocycles. The summed E-state index contributed by atoms with van der Waals surface area (Å²) in [6, 6.07) is -1.19. The van der Waals surface area contributed by atoms with Gasteiger partial charge in [-0.25, -0.2) is 0 Å². The van der Waals surface area contributed by atoms with Gasteiger partial charge in [-0.1, -0.05) is 33.7 Å². The summed E-state index contributed by atoms with van der Waals surface area (Å²) in [5, 5.41) is 6.32. The Kier molecular flexibility index (Phi) is 9.92. The first-order valence-corrected chi connectivity index (χ1v) is 8.34. The van der Waals surface area contributed by atoms with E-state index in [1.807, 2.05) is 20.8 Å². The van der Waals surface area contributed by atoms with Gasteiger partial charge in [0, 0.05) is 39.3 Å². The first-order chi connectivity index (χ1) is 10.8. The number of likely N-dealkylation sites (tertiary alicyclic amines) is 1. The van der Waals surface area contributed by atoms with Crippen LogP contribution in [0.2, 0.25) is 0 Å². The van der Waals surface area contributed by atoms with Crippen LogP contribution in [0.1, 0.15) is 53.9 Å². The minimum Gasteiger partial charge on any atom is -0.690 e. The molecule has 131 valence electrons. The third-order valence-corrected chi connectivity index (χ3v) is 4.46. The molecule has 1 saturated carbocycles. The minimum atomic E-state index is -0.693. The number of amides is 2. The fourth-order valence-electron chi connectivity index (χ4n) is 2.85. The minimum absolute atomic E-state index is 0. The normalized spacial score (nSPS) is 24.8. The van der Waals surface area contributed by atoms with E-state index in [1.165, 1.54) is 11.8 Å². The molecule has 0 bridgehead atoms.